The van der Waals surface area contributed by atoms with Gasteiger partial charge in [0.05, 0.1) is 0 Å². The van der Waals surface area contributed by atoms with E-state index in [4.69, 9.17) is 0 Å². The molecule has 1 aromatic carbocycles. The standard InChI is InChI=1S/C15H20O/c16-15(14-10-4-5-11-14)12-6-9-13-7-2-1-3-8-13/h1-3,7-8,14H,4-6,9-12H2. The lowest BCUT2D eigenvalue weighted by Gasteiger charge is -2.07. The Labute approximate surface area is 97.9 Å². The zero-order valence-corrected chi connectivity index (χ0v) is 9.82. The van der Waals surface area contributed by atoms with Gasteiger partial charge in [0.25, 0.3) is 0 Å². The molecule has 1 aromatic rings. The molecule has 1 aliphatic rings. The largest absolute Gasteiger partial charge is 0.299 e. The highest BCUT2D eigenvalue weighted by Crippen LogP contribution is 2.26. The van der Waals surface area contributed by atoms with Crippen molar-refractivity contribution in [2.45, 2.75) is 44.9 Å². The van der Waals surface area contributed by atoms with E-state index in [2.05, 4.69) is 24.3 Å². The Bertz CT molecular complexity index is 323. The van der Waals surface area contributed by atoms with Crippen molar-refractivity contribution in [2.75, 3.05) is 0 Å². The van der Waals surface area contributed by atoms with Gasteiger partial charge in [-0.25, -0.2) is 0 Å². The smallest absolute Gasteiger partial charge is 0.135 e. The zero-order chi connectivity index (χ0) is 11.2. The normalized spacial score (nSPS) is 16.5. The maximum atomic E-state index is 11.8. The van der Waals surface area contributed by atoms with Gasteiger partial charge in [-0.05, 0) is 31.2 Å². The molecule has 86 valence electrons. The maximum absolute atomic E-state index is 11.8. The molecule has 1 fully saturated rings. The monoisotopic (exact) mass is 216 g/mol. The summed E-state index contributed by atoms with van der Waals surface area (Å²) >= 11 is 0. The van der Waals surface area contributed by atoms with Crippen LogP contribution in [0.1, 0.15) is 44.1 Å². The third-order valence-electron chi connectivity index (χ3n) is 3.54. The number of benzene rings is 1. The fourth-order valence-corrected chi connectivity index (χ4v) is 2.56. The molecule has 0 heterocycles. The number of carbonyl (C=O) groups excluding carboxylic acids is 1. The third kappa shape index (κ3) is 3.19. The molecule has 0 radical (unpaired) electrons. The minimum Gasteiger partial charge on any atom is -0.299 e. The van der Waals surface area contributed by atoms with Crippen LogP contribution < -0.4 is 0 Å². The minimum absolute atomic E-state index is 0.399. The number of hydrogen-bond donors (Lipinski definition) is 0. The summed E-state index contributed by atoms with van der Waals surface area (Å²) in [7, 11) is 0. The van der Waals surface area contributed by atoms with E-state index in [-0.39, 0.29) is 0 Å². The van der Waals surface area contributed by atoms with Gasteiger partial charge in [0.15, 0.2) is 0 Å². The molecule has 1 aliphatic carbocycles. The molecule has 0 saturated heterocycles. The number of rotatable bonds is 5. The summed E-state index contributed by atoms with van der Waals surface area (Å²) < 4.78 is 0. The van der Waals surface area contributed by atoms with Crippen molar-refractivity contribution >= 4 is 5.78 Å². The Kier molecular flexibility index (Phi) is 4.15. The molecule has 0 unspecified atom stereocenters. The second kappa shape index (κ2) is 5.83. The van der Waals surface area contributed by atoms with E-state index in [1.807, 2.05) is 6.07 Å². The molecule has 0 N–H and O–H groups in total. The second-order valence-corrected chi connectivity index (χ2v) is 4.79. The van der Waals surface area contributed by atoms with Crippen LogP contribution in [0.25, 0.3) is 0 Å². The average molecular weight is 216 g/mol. The van der Waals surface area contributed by atoms with Gasteiger partial charge in [0.1, 0.15) is 5.78 Å². The summed E-state index contributed by atoms with van der Waals surface area (Å²) in [6, 6.07) is 10.4. The molecule has 1 heteroatoms. The summed E-state index contributed by atoms with van der Waals surface area (Å²) in [4.78, 5) is 11.8. The third-order valence-corrected chi connectivity index (χ3v) is 3.54. The quantitative estimate of drug-likeness (QED) is 0.732. The van der Waals surface area contributed by atoms with Gasteiger partial charge >= 0.3 is 0 Å². The summed E-state index contributed by atoms with van der Waals surface area (Å²) in [6.45, 7) is 0. The summed E-state index contributed by atoms with van der Waals surface area (Å²) in [5, 5.41) is 0. The zero-order valence-electron chi connectivity index (χ0n) is 9.82. The van der Waals surface area contributed by atoms with Crippen molar-refractivity contribution in [2.24, 2.45) is 5.92 Å². The van der Waals surface area contributed by atoms with Crippen LogP contribution in [0, 0.1) is 5.92 Å². The number of hydrogen-bond acceptors (Lipinski definition) is 1. The first-order valence-corrected chi connectivity index (χ1v) is 6.43. The highest BCUT2D eigenvalue weighted by atomic mass is 16.1. The van der Waals surface area contributed by atoms with E-state index in [1.165, 1.54) is 18.4 Å². The van der Waals surface area contributed by atoms with E-state index in [0.717, 1.165) is 32.1 Å². The van der Waals surface area contributed by atoms with E-state index in [0.29, 0.717) is 11.7 Å². The summed E-state index contributed by atoms with van der Waals surface area (Å²) in [6.07, 6.45) is 7.64. The molecular weight excluding hydrogens is 196 g/mol. The van der Waals surface area contributed by atoms with E-state index in [1.54, 1.807) is 0 Å². The summed E-state index contributed by atoms with van der Waals surface area (Å²) in [5.74, 6) is 0.907. The first kappa shape index (κ1) is 11.4. The topological polar surface area (TPSA) is 17.1 Å². The van der Waals surface area contributed by atoms with Gasteiger partial charge in [-0.3, -0.25) is 4.79 Å². The SMILES string of the molecule is O=C(CCCc1ccccc1)C1CCCC1. The molecule has 0 aromatic heterocycles. The molecule has 0 amide bonds. The van der Waals surface area contributed by atoms with Crippen LogP contribution in [0.4, 0.5) is 0 Å². The molecule has 2 rings (SSSR count). The number of aryl methyl sites for hydroxylation is 1. The Hall–Kier alpha value is -1.11. The van der Waals surface area contributed by atoms with Gasteiger partial charge in [0.2, 0.25) is 0 Å². The average Bonchev–Trinajstić information content (AvgIpc) is 2.84. The van der Waals surface area contributed by atoms with Crippen LogP contribution in [0.5, 0.6) is 0 Å². The van der Waals surface area contributed by atoms with E-state index >= 15 is 0 Å². The molecule has 16 heavy (non-hydrogen) atoms. The van der Waals surface area contributed by atoms with Crippen molar-refractivity contribution in [3.05, 3.63) is 35.9 Å². The molecule has 0 atom stereocenters. The molecule has 1 nitrogen and oxygen atoms in total. The van der Waals surface area contributed by atoms with Crippen LogP contribution in [-0.4, -0.2) is 5.78 Å². The highest BCUT2D eigenvalue weighted by molar-refractivity contribution is 5.81. The van der Waals surface area contributed by atoms with Gasteiger partial charge in [-0.15, -0.1) is 0 Å². The lowest BCUT2D eigenvalue weighted by molar-refractivity contribution is -0.122. The lowest BCUT2D eigenvalue weighted by Crippen LogP contribution is -2.10. The molecule has 0 bridgehead atoms. The Balaban J connectivity index is 1.70. The van der Waals surface area contributed by atoms with Crippen LogP contribution in [0.2, 0.25) is 0 Å². The van der Waals surface area contributed by atoms with Crippen molar-refractivity contribution in [1.82, 2.24) is 0 Å². The van der Waals surface area contributed by atoms with Crippen LogP contribution in [-0.2, 0) is 11.2 Å². The minimum atomic E-state index is 0.399. The maximum Gasteiger partial charge on any atom is 0.135 e. The van der Waals surface area contributed by atoms with E-state index < -0.39 is 0 Å². The second-order valence-electron chi connectivity index (χ2n) is 4.79. The summed E-state index contributed by atoms with van der Waals surface area (Å²) in [5.41, 5.74) is 1.35. The van der Waals surface area contributed by atoms with Crippen LogP contribution in [0.3, 0.4) is 0 Å². The first-order valence-electron chi connectivity index (χ1n) is 6.43. The molecule has 0 spiro atoms. The van der Waals surface area contributed by atoms with Crippen molar-refractivity contribution in [3.8, 4) is 0 Å². The molecule has 1 saturated carbocycles. The van der Waals surface area contributed by atoms with Gasteiger partial charge in [-0.2, -0.15) is 0 Å². The van der Waals surface area contributed by atoms with Crippen molar-refractivity contribution < 1.29 is 4.79 Å². The Morgan fingerprint density at radius 3 is 2.50 bits per heavy atom. The van der Waals surface area contributed by atoms with E-state index in [9.17, 15) is 4.79 Å². The Morgan fingerprint density at radius 1 is 1.12 bits per heavy atom. The Morgan fingerprint density at radius 2 is 1.81 bits per heavy atom. The predicted octanol–water partition coefficient (Wildman–Crippen LogP) is 3.77. The van der Waals surface area contributed by atoms with Crippen LogP contribution >= 0.6 is 0 Å². The molecular formula is C15H20O. The fourth-order valence-electron chi connectivity index (χ4n) is 2.56. The number of Topliss-reactive ketones (excluding diaryl/α,β-unsaturated/α-hetero) is 1. The fraction of sp³-hybridized carbons (Fsp3) is 0.533. The molecule has 0 aliphatic heterocycles. The van der Waals surface area contributed by atoms with Crippen molar-refractivity contribution in [1.29, 1.82) is 0 Å². The number of carbonyl (C=O) groups is 1. The number of ketones is 1. The van der Waals surface area contributed by atoms with Gasteiger partial charge in [0, 0.05) is 12.3 Å². The van der Waals surface area contributed by atoms with Gasteiger partial charge in [-0.1, -0.05) is 43.2 Å². The lowest BCUT2D eigenvalue weighted by atomic mass is 9.97. The van der Waals surface area contributed by atoms with Crippen LogP contribution in [0.15, 0.2) is 30.3 Å². The first-order chi connectivity index (χ1) is 7.86. The highest BCUT2D eigenvalue weighted by Gasteiger charge is 2.21. The van der Waals surface area contributed by atoms with Gasteiger partial charge < -0.3 is 0 Å². The van der Waals surface area contributed by atoms with Crippen molar-refractivity contribution in [3.63, 3.8) is 0 Å². The predicted molar refractivity (Wildman–Crippen MR) is 66.3 cm³/mol.